The lowest BCUT2D eigenvalue weighted by Crippen LogP contribution is -2.48. The SMILES string of the molecule is CC(C)(CN)NS(=O)(=O)c1ccc(Br)cc1[N+](=O)[O-]. The molecule has 1 aromatic carbocycles. The fourth-order valence-electron chi connectivity index (χ4n) is 1.32. The molecule has 0 saturated heterocycles. The molecule has 3 N–H and O–H groups in total. The molecule has 7 nitrogen and oxygen atoms in total. The van der Waals surface area contributed by atoms with Crippen LogP contribution in [0, 0.1) is 10.1 Å². The average molecular weight is 352 g/mol. The van der Waals surface area contributed by atoms with Crippen LogP contribution in [-0.2, 0) is 10.0 Å². The summed E-state index contributed by atoms with van der Waals surface area (Å²) in [6.45, 7) is 3.25. The molecule has 0 spiro atoms. The van der Waals surface area contributed by atoms with Crippen LogP contribution in [0.1, 0.15) is 13.8 Å². The smallest absolute Gasteiger partial charge is 0.290 e. The minimum Gasteiger partial charge on any atom is -0.329 e. The Morgan fingerprint density at radius 1 is 1.47 bits per heavy atom. The summed E-state index contributed by atoms with van der Waals surface area (Å²) in [6, 6.07) is 3.75. The standard InChI is InChI=1S/C10H14BrN3O4S/c1-10(2,6-12)13-19(17,18)9-4-3-7(11)5-8(9)14(15)16/h3-5,13H,6,12H2,1-2H3. The van der Waals surface area contributed by atoms with Crippen LogP contribution in [0.3, 0.4) is 0 Å². The van der Waals surface area contributed by atoms with Crippen molar-refractivity contribution in [1.82, 2.24) is 4.72 Å². The molecular weight excluding hydrogens is 338 g/mol. The van der Waals surface area contributed by atoms with Gasteiger partial charge in [0.05, 0.1) is 4.92 Å². The largest absolute Gasteiger partial charge is 0.329 e. The molecule has 0 amide bonds. The van der Waals surface area contributed by atoms with Crippen LogP contribution < -0.4 is 10.5 Å². The van der Waals surface area contributed by atoms with E-state index in [0.29, 0.717) is 4.47 Å². The van der Waals surface area contributed by atoms with E-state index in [1.54, 1.807) is 13.8 Å². The molecule has 106 valence electrons. The zero-order valence-corrected chi connectivity index (χ0v) is 12.8. The van der Waals surface area contributed by atoms with E-state index in [1.807, 2.05) is 0 Å². The van der Waals surface area contributed by atoms with Crippen LogP contribution in [0.15, 0.2) is 27.6 Å². The quantitative estimate of drug-likeness (QED) is 0.613. The number of nitrogens with one attached hydrogen (secondary N) is 1. The molecule has 0 aliphatic heterocycles. The topological polar surface area (TPSA) is 115 Å². The van der Waals surface area contributed by atoms with Crippen LogP contribution in [0.4, 0.5) is 5.69 Å². The Morgan fingerprint density at radius 3 is 2.53 bits per heavy atom. The van der Waals surface area contributed by atoms with E-state index in [1.165, 1.54) is 12.1 Å². The molecule has 0 heterocycles. The van der Waals surface area contributed by atoms with Gasteiger partial charge < -0.3 is 5.73 Å². The number of hydrogen-bond acceptors (Lipinski definition) is 5. The van der Waals surface area contributed by atoms with Gasteiger partial charge in [-0.15, -0.1) is 0 Å². The number of nitro benzene ring substituents is 1. The molecule has 0 radical (unpaired) electrons. The monoisotopic (exact) mass is 351 g/mol. The minimum atomic E-state index is -4.01. The van der Waals surface area contributed by atoms with Gasteiger partial charge in [-0.2, -0.15) is 0 Å². The molecule has 0 aromatic heterocycles. The highest BCUT2D eigenvalue weighted by Gasteiger charge is 2.30. The molecule has 9 heteroatoms. The second-order valence-electron chi connectivity index (χ2n) is 4.56. The van der Waals surface area contributed by atoms with Crippen molar-refractivity contribution in [3.63, 3.8) is 0 Å². The Kier molecular flexibility index (Phi) is 4.67. The molecule has 1 aromatic rings. The zero-order chi connectivity index (χ0) is 14.8. The number of halogens is 1. The second-order valence-corrected chi connectivity index (χ2v) is 7.13. The van der Waals surface area contributed by atoms with Gasteiger partial charge in [0, 0.05) is 22.6 Å². The number of nitro groups is 1. The maximum absolute atomic E-state index is 12.2. The molecule has 0 fully saturated rings. The van der Waals surface area contributed by atoms with Crippen molar-refractivity contribution in [2.24, 2.45) is 5.73 Å². The van der Waals surface area contributed by atoms with Crippen LogP contribution >= 0.6 is 15.9 Å². The minimum absolute atomic E-state index is 0.0660. The van der Waals surface area contributed by atoms with Gasteiger partial charge in [0.1, 0.15) is 0 Å². The molecular formula is C10H14BrN3O4S. The van der Waals surface area contributed by atoms with E-state index in [9.17, 15) is 18.5 Å². The van der Waals surface area contributed by atoms with Crippen LogP contribution in [0.2, 0.25) is 0 Å². The molecule has 0 saturated carbocycles. The Hall–Kier alpha value is -1.03. The summed E-state index contributed by atoms with van der Waals surface area (Å²) in [6.07, 6.45) is 0. The van der Waals surface area contributed by atoms with Crippen molar-refractivity contribution >= 4 is 31.6 Å². The predicted octanol–water partition coefficient (Wildman–Crippen LogP) is 1.37. The van der Waals surface area contributed by atoms with Gasteiger partial charge in [-0.3, -0.25) is 10.1 Å². The highest BCUT2D eigenvalue weighted by Crippen LogP contribution is 2.27. The van der Waals surface area contributed by atoms with Crippen LogP contribution in [0.25, 0.3) is 0 Å². The van der Waals surface area contributed by atoms with E-state index < -0.39 is 26.2 Å². The summed E-state index contributed by atoms with van der Waals surface area (Å²) in [7, 11) is -4.01. The van der Waals surface area contributed by atoms with Gasteiger partial charge in [-0.1, -0.05) is 15.9 Å². The summed E-state index contributed by atoms with van der Waals surface area (Å²) in [5.74, 6) is 0. The summed E-state index contributed by atoms with van der Waals surface area (Å²) < 4.78 is 27.1. The lowest BCUT2D eigenvalue weighted by atomic mass is 10.1. The Morgan fingerprint density at radius 2 is 2.05 bits per heavy atom. The van der Waals surface area contributed by atoms with Crippen molar-refractivity contribution in [2.45, 2.75) is 24.3 Å². The zero-order valence-electron chi connectivity index (χ0n) is 10.4. The van der Waals surface area contributed by atoms with Gasteiger partial charge >= 0.3 is 0 Å². The fraction of sp³-hybridized carbons (Fsp3) is 0.400. The van der Waals surface area contributed by atoms with E-state index in [4.69, 9.17) is 5.73 Å². The average Bonchev–Trinajstić information content (AvgIpc) is 2.27. The van der Waals surface area contributed by atoms with Crippen molar-refractivity contribution in [1.29, 1.82) is 0 Å². The molecule has 0 aliphatic rings. The Labute approximate surface area is 119 Å². The molecule has 19 heavy (non-hydrogen) atoms. The third-order valence-corrected chi connectivity index (χ3v) is 4.57. The fourth-order valence-corrected chi connectivity index (χ4v) is 3.25. The van der Waals surface area contributed by atoms with E-state index in [2.05, 4.69) is 20.7 Å². The third-order valence-electron chi connectivity index (χ3n) is 2.33. The first-order chi connectivity index (χ1) is 8.59. The summed E-state index contributed by atoms with van der Waals surface area (Å²) >= 11 is 3.07. The molecule has 1 rings (SSSR count). The maximum atomic E-state index is 12.2. The first-order valence-corrected chi connectivity index (χ1v) is 7.55. The molecule has 0 unspecified atom stereocenters. The first-order valence-electron chi connectivity index (χ1n) is 5.27. The van der Waals surface area contributed by atoms with Gasteiger partial charge in [0.15, 0.2) is 4.90 Å². The number of hydrogen-bond donors (Lipinski definition) is 2. The van der Waals surface area contributed by atoms with Gasteiger partial charge in [-0.25, -0.2) is 13.1 Å². The van der Waals surface area contributed by atoms with E-state index >= 15 is 0 Å². The molecule has 0 aliphatic carbocycles. The van der Waals surface area contributed by atoms with E-state index in [0.717, 1.165) is 6.07 Å². The third kappa shape index (κ3) is 3.96. The van der Waals surface area contributed by atoms with Gasteiger partial charge in [0.2, 0.25) is 10.0 Å². The van der Waals surface area contributed by atoms with Crippen molar-refractivity contribution < 1.29 is 13.3 Å². The van der Waals surface area contributed by atoms with Crippen LogP contribution in [-0.4, -0.2) is 25.4 Å². The Balaban J connectivity index is 3.33. The number of rotatable bonds is 5. The normalized spacial score (nSPS) is 12.4. The van der Waals surface area contributed by atoms with Crippen molar-refractivity contribution in [2.75, 3.05) is 6.54 Å². The van der Waals surface area contributed by atoms with Gasteiger partial charge in [0.25, 0.3) is 5.69 Å². The van der Waals surface area contributed by atoms with Gasteiger partial charge in [-0.05, 0) is 26.0 Å². The van der Waals surface area contributed by atoms with Crippen LogP contribution in [0.5, 0.6) is 0 Å². The maximum Gasteiger partial charge on any atom is 0.290 e. The predicted molar refractivity (Wildman–Crippen MR) is 74.3 cm³/mol. The summed E-state index contributed by atoms with van der Waals surface area (Å²) in [5, 5.41) is 10.9. The van der Waals surface area contributed by atoms with Crippen molar-refractivity contribution in [3.05, 3.63) is 32.8 Å². The molecule has 0 bridgehead atoms. The highest BCUT2D eigenvalue weighted by atomic mass is 79.9. The Bertz CT molecular complexity index is 601. The lowest BCUT2D eigenvalue weighted by Gasteiger charge is -2.23. The number of benzene rings is 1. The van der Waals surface area contributed by atoms with E-state index in [-0.39, 0.29) is 11.4 Å². The highest BCUT2D eigenvalue weighted by molar-refractivity contribution is 9.10. The first kappa shape index (κ1) is 16.0. The number of nitrogens with zero attached hydrogens (tertiary/aromatic N) is 1. The lowest BCUT2D eigenvalue weighted by molar-refractivity contribution is -0.387. The molecule has 0 atom stereocenters. The number of nitrogens with two attached hydrogens (primary N) is 1. The number of sulfonamides is 1. The summed E-state index contributed by atoms with van der Waals surface area (Å²) in [4.78, 5) is 9.80. The second kappa shape index (κ2) is 5.53. The van der Waals surface area contributed by atoms with Crippen molar-refractivity contribution in [3.8, 4) is 0 Å². The summed E-state index contributed by atoms with van der Waals surface area (Å²) in [5.41, 5.74) is 4.07.